The average Bonchev–Trinajstić information content (AvgIpc) is 2.86. The lowest BCUT2D eigenvalue weighted by Crippen LogP contribution is -2.47. The summed E-state index contributed by atoms with van der Waals surface area (Å²) < 4.78 is 0. The van der Waals surface area contributed by atoms with Gasteiger partial charge in [0.05, 0.1) is 11.7 Å². The van der Waals surface area contributed by atoms with Crippen LogP contribution in [0.5, 0.6) is 0 Å². The maximum Gasteiger partial charge on any atom is 0.327 e. The molecule has 0 aliphatic carbocycles. The topological polar surface area (TPSA) is 102 Å². The van der Waals surface area contributed by atoms with Crippen LogP contribution in [0.15, 0.2) is 27.8 Å². The van der Waals surface area contributed by atoms with Gasteiger partial charge in [-0.05, 0) is 24.6 Å². The van der Waals surface area contributed by atoms with Crippen LogP contribution < -0.4 is 27.4 Å². The first kappa shape index (κ1) is 15.7. The third kappa shape index (κ3) is 2.36. The predicted molar refractivity (Wildman–Crippen MR) is 92.6 cm³/mol. The summed E-state index contributed by atoms with van der Waals surface area (Å²) in [5.41, 5.74) is 6.63. The lowest BCUT2D eigenvalue weighted by Gasteiger charge is -2.37. The minimum atomic E-state index is -0.551. The highest BCUT2D eigenvalue weighted by atomic mass is 35.5. The van der Waals surface area contributed by atoms with Crippen LogP contribution in [-0.4, -0.2) is 22.2 Å². The Bertz CT molecular complexity index is 925. The Labute approximate surface area is 146 Å². The lowest BCUT2D eigenvalue weighted by atomic mass is 9.75. The summed E-state index contributed by atoms with van der Waals surface area (Å²) in [5.74, 6) is 0.127. The van der Waals surface area contributed by atoms with Crippen molar-refractivity contribution in [3.05, 3.63) is 60.2 Å². The van der Waals surface area contributed by atoms with Crippen molar-refractivity contribution in [3.63, 3.8) is 0 Å². The van der Waals surface area contributed by atoms with Crippen LogP contribution >= 0.6 is 23.2 Å². The number of hydrogen-bond donors (Lipinski definition) is 5. The molecule has 2 aliphatic rings. The Morgan fingerprint density at radius 2 is 1.88 bits per heavy atom. The fraction of sp³-hybridized carbons (Fsp3) is 0.333. The summed E-state index contributed by atoms with van der Waals surface area (Å²) in [5, 5.41) is 4.20. The minimum Gasteiger partial charge on any atom is -0.354 e. The van der Waals surface area contributed by atoms with Gasteiger partial charge in [-0.25, -0.2) is 10.2 Å². The van der Waals surface area contributed by atoms with E-state index in [9.17, 15) is 9.59 Å². The molecular formula is C15H15Cl2N5O2. The number of aromatic nitrogens is 2. The van der Waals surface area contributed by atoms with Gasteiger partial charge in [0.1, 0.15) is 5.82 Å². The van der Waals surface area contributed by atoms with Gasteiger partial charge in [0, 0.05) is 27.9 Å². The SMILES string of the molecule is CC1NNC2Nc3[nH]c(=O)[nH]c(=O)c3C(c3ccc(Cl)cc3Cl)C12. The number of rotatable bonds is 1. The standard InChI is InChI=1S/C15H15Cl2N5O2/c1-5-9-10(7-3-2-6(16)4-8(7)17)11-12(18-13(9)22-21-5)19-15(24)20-14(11)23/h2-5,9-10,13,21-22H,1H3,(H3,18,19,20,23,24). The molecule has 5 N–H and O–H groups in total. The summed E-state index contributed by atoms with van der Waals surface area (Å²) in [7, 11) is 0. The molecule has 1 aromatic heterocycles. The molecule has 0 spiro atoms. The van der Waals surface area contributed by atoms with Crippen LogP contribution in [0, 0.1) is 5.92 Å². The molecule has 4 atom stereocenters. The van der Waals surface area contributed by atoms with E-state index in [1.54, 1.807) is 12.1 Å². The molecule has 3 heterocycles. The van der Waals surface area contributed by atoms with E-state index in [0.717, 1.165) is 5.56 Å². The second-order valence-electron chi connectivity index (χ2n) is 6.12. The molecule has 4 unspecified atom stereocenters. The summed E-state index contributed by atoms with van der Waals surface area (Å²) >= 11 is 12.4. The zero-order valence-electron chi connectivity index (χ0n) is 12.6. The molecule has 2 aliphatic heterocycles. The molecule has 1 aromatic carbocycles. The molecule has 4 rings (SSSR count). The van der Waals surface area contributed by atoms with Crippen LogP contribution in [0.25, 0.3) is 0 Å². The van der Waals surface area contributed by atoms with Crippen LogP contribution in [0.3, 0.4) is 0 Å². The van der Waals surface area contributed by atoms with Crippen LogP contribution in [0.2, 0.25) is 10.0 Å². The number of aromatic amines is 2. The first-order valence-corrected chi connectivity index (χ1v) is 8.30. The molecule has 1 fully saturated rings. The van der Waals surface area contributed by atoms with E-state index in [0.29, 0.717) is 21.4 Å². The van der Waals surface area contributed by atoms with Crippen molar-refractivity contribution in [2.45, 2.75) is 25.0 Å². The highest BCUT2D eigenvalue weighted by Crippen LogP contribution is 2.44. The summed E-state index contributed by atoms with van der Waals surface area (Å²) in [6.07, 6.45) is -0.151. The van der Waals surface area contributed by atoms with Crippen molar-refractivity contribution >= 4 is 29.0 Å². The molecule has 0 bridgehead atoms. The van der Waals surface area contributed by atoms with Gasteiger partial charge in [-0.1, -0.05) is 29.3 Å². The van der Waals surface area contributed by atoms with Gasteiger partial charge in [0.15, 0.2) is 0 Å². The van der Waals surface area contributed by atoms with E-state index >= 15 is 0 Å². The molecule has 126 valence electrons. The van der Waals surface area contributed by atoms with Gasteiger partial charge >= 0.3 is 5.69 Å². The van der Waals surface area contributed by atoms with E-state index in [1.807, 2.05) is 13.0 Å². The number of H-pyrrole nitrogens is 2. The van der Waals surface area contributed by atoms with E-state index in [-0.39, 0.29) is 24.0 Å². The number of anilines is 1. The van der Waals surface area contributed by atoms with Gasteiger partial charge in [0.2, 0.25) is 0 Å². The van der Waals surface area contributed by atoms with Gasteiger partial charge in [-0.3, -0.25) is 20.2 Å². The first-order chi connectivity index (χ1) is 11.5. The number of benzene rings is 1. The number of halogens is 2. The Morgan fingerprint density at radius 1 is 1.08 bits per heavy atom. The number of fused-ring (bicyclic) bond motifs is 2. The molecule has 7 nitrogen and oxygen atoms in total. The Kier molecular flexibility index (Phi) is 3.69. The largest absolute Gasteiger partial charge is 0.354 e. The first-order valence-electron chi connectivity index (χ1n) is 7.54. The third-order valence-electron chi connectivity index (χ3n) is 4.70. The molecule has 0 radical (unpaired) electrons. The molecule has 1 saturated heterocycles. The van der Waals surface area contributed by atoms with Crippen molar-refractivity contribution in [1.82, 2.24) is 20.8 Å². The normalized spacial score (nSPS) is 28.1. The highest BCUT2D eigenvalue weighted by Gasteiger charge is 2.46. The Hall–Kier alpha value is -1.80. The van der Waals surface area contributed by atoms with Crippen LogP contribution in [0.4, 0.5) is 5.82 Å². The zero-order valence-corrected chi connectivity index (χ0v) is 14.1. The lowest BCUT2D eigenvalue weighted by molar-refractivity contribution is 0.386. The van der Waals surface area contributed by atoms with Crippen molar-refractivity contribution in [3.8, 4) is 0 Å². The third-order valence-corrected chi connectivity index (χ3v) is 5.26. The zero-order chi connectivity index (χ0) is 17.0. The van der Waals surface area contributed by atoms with Gasteiger partial charge in [0.25, 0.3) is 5.56 Å². The van der Waals surface area contributed by atoms with Gasteiger partial charge < -0.3 is 5.32 Å². The van der Waals surface area contributed by atoms with Crippen molar-refractivity contribution < 1.29 is 0 Å². The van der Waals surface area contributed by atoms with Crippen molar-refractivity contribution in [2.24, 2.45) is 5.92 Å². The Balaban J connectivity index is 1.98. The number of hydrazine groups is 1. The van der Waals surface area contributed by atoms with E-state index in [1.165, 1.54) is 0 Å². The van der Waals surface area contributed by atoms with Gasteiger partial charge in [-0.2, -0.15) is 0 Å². The average molecular weight is 368 g/mol. The second-order valence-corrected chi connectivity index (χ2v) is 6.96. The maximum atomic E-state index is 12.5. The summed E-state index contributed by atoms with van der Waals surface area (Å²) in [6.45, 7) is 2.03. The van der Waals surface area contributed by atoms with E-state index in [2.05, 4.69) is 26.1 Å². The summed E-state index contributed by atoms with van der Waals surface area (Å²) in [6, 6.07) is 5.32. The smallest absolute Gasteiger partial charge is 0.327 e. The maximum absolute atomic E-state index is 12.5. The molecule has 2 aromatic rings. The number of nitrogens with one attached hydrogen (secondary N) is 5. The van der Waals surface area contributed by atoms with Crippen LogP contribution in [0.1, 0.15) is 24.0 Å². The predicted octanol–water partition coefficient (Wildman–Crippen LogP) is 1.37. The minimum absolute atomic E-state index is 0.0168. The molecular weight excluding hydrogens is 353 g/mol. The molecule has 24 heavy (non-hydrogen) atoms. The highest BCUT2D eigenvalue weighted by molar-refractivity contribution is 6.35. The van der Waals surface area contributed by atoms with E-state index in [4.69, 9.17) is 23.2 Å². The number of hydrogen-bond acceptors (Lipinski definition) is 5. The fourth-order valence-corrected chi connectivity index (χ4v) is 4.21. The van der Waals surface area contributed by atoms with Crippen LogP contribution in [-0.2, 0) is 0 Å². The van der Waals surface area contributed by atoms with Crippen molar-refractivity contribution in [2.75, 3.05) is 5.32 Å². The molecule has 9 heteroatoms. The van der Waals surface area contributed by atoms with E-state index < -0.39 is 11.2 Å². The quantitative estimate of drug-likeness (QED) is 0.523. The Morgan fingerprint density at radius 3 is 2.62 bits per heavy atom. The molecule has 0 saturated carbocycles. The monoisotopic (exact) mass is 367 g/mol. The summed E-state index contributed by atoms with van der Waals surface area (Å²) in [4.78, 5) is 29.1. The van der Waals surface area contributed by atoms with Crippen molar-refractivity contribution in [1.29, 1.82) is 0 Å². The fourth-order valence-electron chi connectivity index (χ4n) is 3.69. The van der Waals surface area contributed by atoms with Gasteiger partial charge in [-0.15, -0.1) is 0 Å². The second kappa shape index (κ2) is 5.63. The molecule has 0 amide bonds.